The van der Waals surface area contributed by atoms with Gasteiger partial charge in [-0.3, -0.25) is 0 Å². The van der Waals surface area contributed by atoms with Crippen LogP contribution < -0.4 is 11.1 Å². The van der Waals surface area contributed by atoms with E-state index in [4.69, 9.17) is 10.7 Å². The number of aromatic nitrogens is 2. The van der Waals surface area contributed by atoms with Gasteiger partial charge < -0.3 is 16.0 Å². The topological polar surface area (TPSA) is 67.1 Å². The maximum absolute atomic E-state index is 13.4. The van der Waals surface area contributed by atoms with Crippen LogP contribution in [0.4, 0.5) is 10.3 Å². The summed E-state index contributed by atoms with van der Waals surface area (Å²) in [4.78, 5) is 11.2. The van der Waals surface area contributed by atoms with Gasteiger partial charge >= 0.3 is 0 Å². The van der Waals surface area contributed by atoms with Crippen LogP contribution in [0.5, 0.6) is 0 Å². The predicted octanol–water partition coefficient (Wildman–Crippen LogP) is 6.10. The largest absolute Gasteiger partial charge is 0.396 e. The fourth-order valence-electron chi connectivity index (χ4n) is 2.98. The second kappa shape index (κ2) is 10.9. The SMILES string of the molecule is C=CC(=C\C=C(/C)F)/C(N)=C(\c1ccnc(NC(C)C(C)(C)C)n1)N1C=CC(CC)=CC1. The van der Waals surface area contributed by atoms with Crippen LogP contribution >= 0.6 is 0 Å². The lowest BCUT2D eigenvalue weighted by Crippen LogP contribution is -2.31. The van der Waals surface area contributed by atoms with E-state index in [-0.39, 0.29) is 17.3 Å². The molecular weight excluding hydrogens is 401 g/mol. The Balaban J connectivity index is 2.57. The Morgan fingerprint density at radius 2 is 2.09 bits per heavy atom. The van der Waals surface area contributed by atoms with E-state index in [0.717, 1.165) is 12.1 Å². The zero-order chi connectivity index (χ0) is 23.9. The summed E-state index contributed by atoms with van der Waals surface area (Å²) >= 11 is 0. The van der Waals surface area contributed by atoms with E-state index in [1.807, 2.05) is 17.2 Å². The first kappa shape index (κ1) is 25.1. The Labute approximate surface area is 192 Å². The molecule has 0 bridgehead atoms. The minimum absolute atomic E-state index is 0.0450. The average molecular weight is 438 g/mol. The number of allylic oxidation sites excluding steroid dienone is 6. The summed E-state index contributed by atoms with van der Waals surface area (Å²) in [5.41, 5.74) is 10.4. The van der Waals surface area contributed by atoms with Crippen molar-refractivity contribution in [2.24, 2.45) is 11.1 Å². The van der Waals surface area contributed by atoms with E-state index < -0.39 is 0 Å². The maximum atomic E-state index is 13.4. The van der Waals surface area contributed by atoms with Crippen molar-refractivity contribution >= 4 is 11.6 Å². The lowest BCUT2D eigenvalue weighted by Gasteiger charge is -2.29. The molecule has 0 saturated heterocycles. The van der Waals surface area contributed by atoms with Crippen molar-refractivity contribution < 1.29 is 4.39 Å². The molecule has 6 heteroatoms. The third-order valence-corrected chi connectivity index (χ3v) is 5.54. The number of anilines is 1. The molecule has 1 aromatic rings. The smallest absolute Gasteiger partial charge is 0.223 e. The quantitative estimate of drug-likeness (QED) is 0.481. The Morgan fingerprint density at radius 3 is 2.62 bits per heavy atom. The summed E-state index contributed by atoms with van der Waals surface area (Å²) in [7, 11) is 0. The molecule has 0 amide bonds. The Kier molecular flexibility index (Phi) is 8.58. The number of hydrogen-bond acceptors (Lipinski definition) is 5. The molecule has 3 N–H and O–H groups in total. The first-order valence-electron chi connectivity index (χ1n) is 11.0. The normalized spacial score (nSPS) is 17.0. The highest BCUT2D eigenvalue weighted by Gasteiger charge is 2.22. The van der Waals surface area contributed by atoms with E-state index >= 15 is 0 Å². The molecule has 0 aliphatic carbocycles. The molecule has 1 aliphatic rings. The molecular formula is C26H36FN5. The van der Waals surface area contributed by atoms with Crippen LogP contribution in [0.1, 0.15) is 53.7 Å². The van der Waals surface area contributed by atoms with Gasteiger partial charge in [0.15, 0.2) is 0 Å². The van der Waals surface area contributed by atoms with Crippen molar-refractivity contribution in [3.63, 3.8) is 0 Å². The highest BCUT2D eigenvalue weighted by molar-refractivity contribution is 5.71. The van der Waals surface area contributed by atoms with Gasteiger partial charge in [0.1, 0.15) is 0 Å². The van der Waals surface area contributed by atoms with E-state index in [9.17, 15) is 4.39 Å². The van der Waals surface area contributed by atoms with E-state index in [0.29, 0.717) is 29.5 Å². The third kappa shape index (κ3) is 6.67. The highest BCUT2D eigenvalue weighted by atomic mass is 19.1. The number of rotatable bonds is 8. The molecule has 0 spiro atoms. The fourth-order valence-corrected chi connectivity index (χ4v) is 2.98. The molecule has 0 radical (unpaired) electrons. The zero-order valence-corrected chi connectivity index (χ0v) is 20.1. The molecule has 1 unspecified atom stereocenters. The van der Waals surface area contributed by atoms with Crippen molar-refractivity contribution in [3.8, 4) is 0 Å². The molecule has 1 atom stereocenters. The Bertz CT molecular complexity index is 972. The minimum Gasteiger partial charge on any atom is -0.396 e. The van der Waals surface area contributed by atoms with Crippen LogP contribution in [0.3, 0.4) is 0 Å². The van der Waals surface area contributed by atoms with Crippen molar-refractivity contribution in [2.45, 2.75) is 54.0 Å². The van der Waals surface area contributed by atoms with Gasteiger partial charge in [-0.25, -0.2) is 14.4 Å². The Morgan fingerprint density at radius 1 is 1.38 bits per heavy atom. The first-order chi connectivity index (χ1) is 15.1. The standard InChI is InChI=1S/C26H36FN5/c1-8-20-13-16-32(17-14-20)24(23(28)21(9-2)11-10-18(3)27)22-12-15-29-25(31-22)30-19(4)26(5,6)7/h9-16,19H,2,8,17,28H2,1,3-7H3,(H,29,30,31)/b18-10+,21-11+,24-23-. The molecule has 0 aromatic carbocycles. The van der Waals surface area contributed by atoms with E-state index in [2.05, 4.69) is 63.7 Å². The predicted molar refractivity (Wildman–Crippen MR) is 133 cm³/mol. The summed E-state index contributed by atoms with van der Waals surface area (Å²) < 4.78 is 13.4. The minimum atomic E-state index is -0.309. The molecule has 0 saturated carbocycles. The van der Waals surface area contributed by atoms with Gasteiger partial charge in [-0.2, -0.15) is 0 Å². The molecule has 2 heterocycles. The second-order valence-corrected chi connectivity index (χ2v) is 8.94. The molecule has 1 aromatic heterocycles. The molecule has 5 nitrogen and oxygen atoms in total. The second-order valence-electron chi connectivity index (χ2n) is 8.94. The van der Waals surface area contributed by atoms with Crippen molar-refractivity contribution in [2.75, 3.05) is 11.9 Å². The monoisotopic (exact) mass is 437 g/mol. The summed E-state index contributed by atoms with van der Waals surface area (Å²) in [5.74, 6) is 0.224. The van der Waals surface area contributed by atoms with Crippen molar-refractivity contribution in [3.05, 3.63) is 83.8 Å². The first-order valence-corrected chi connectivity index (χ1v) is 11.0. The molecule has 0 fully saturated rings. The molecule has 2 rings (SSSR count). The number of halogens is 1. The number of nitrogens with two attached hydrogens (primary N) is 1. The van der Waals surface area contributed by atoms with Gasteiger partial charge in [0.05, 0.1) is 22.9 Å². The van der Waals surface area contributed by atoms with Crippen LogP contribution in [-0.4, -0.2) is 27.5 Å². The number of hydrogen-bond donors (Lipinski definition) is 2. The van der Waals surface area contributed by atoms with Crippen LogP contribution in [0, 0.1) is 5.41 Å². The Hall–Kier alpha value is -3.15. The van der Waals surface area contributed by atoms with E-state index in [1.165, 1.54) is 18.6 Å². The van der Waals surface area contributed by atoms with Gasteiger partial charge in [0, 0.05) is 25.0 Å². The van der Waals surface area contributed by atoms with Gasteiger partial charge in [-0.05, 0) is 55.0 Å². The van der Waals surface area contributed by atoms with E-state index in [1.54, 1.807) is 18.3 Å². The third-order valence-electron chi connectivity index (χ3n) is 5.54. The van der Waals surface area contributed by atoms with Gasteiger partial charge in [-0.15, -0.1) is 0 Å². The van der Waals surface area contributed by atoms with Crippen LogP contribution in [-0.2, 0) is 0 Å². The van der Waals surface area contributed by atoms with Crippen molar-refractivity contribution in [1.82, 2.24) is 14.9 Å². The van der Waals surface area contributed by atoms with Crippen LogP contribution in [0.15, 0.2) is 78.1 Å². The highest BCUT2D eigenvalue weighted by Crippen LogP contribution is 2.28. The summed E-state index contributed by atoms with van der Waals surface area (Å²) in [6.45, 7) is 16.6. The van der Waals surface area contributed by atoms with Gasteiger partial charge in [0.2, 0.25) is 5.95 Å². The number of nitrogens with one attached hydrogen (secondary N) is 1. The van der Waals surface area contributed by atoms with Gasteiger partial charge in [0.25, 0.3) is 0 Å². The maximum Gasteiger partial charge on any atom is 0.223 e. The van der Waals surface area contributed by atoms with Gasteiger partial charge in [-0.1, -0.05) is 52.5 Å². The zero-order valence-electron chi connectivity index (χ0n) is 20.1. The van der Waals surface area contributed by atoms with Crippen LogP contribution in [0.2, 0.25) is 0 Å². The molecule has 1 aliphatic heterocycles. The lowest BCUT2D eigenvalue weighted by molar-refractivity contribution is 0.358. The molecule has 32 heavy (non-hydrogen) atoms. The molecule has 172 valence electrons. The summed E-state index contributed by atoms with van der Waals surface area (Å²) in [6.07, 6.45) is 13.5. The fraction of sp³-hybridized carbons (Fsp3) is 0.385. The number of nitrogens with zero attached hydrogens (tertiary/aromatic N) is 3. The average Bonchev–Trinajstić information content (AvgIpc) is 2.74. The lowest BCUT2D eigenvalue weighted by atomic mass is 9.88. The summed E-state index contributed by atoms with van der Waals surface area (Å²) in [5, 5.41) is 3.39. The summed E-state index contributed by atoms with van der Waals surface area (Å²) in [6, 6.07) is 1.99. The van der Waals surface area contributed by atoms with Crippen LogP contribution in [0.25, 0.3) is 5.70 Å². The van der Waals surface area contributed by atoms with Crippen molar-refractivity contribution in [1.29, 1.82) is 0 Å².